The first-order chi connectivity index (χ1) is 17.6. The van der Waals surface area contributed by atoms with Gasteiger partial charge in [0.05, 0.1) is 17.4 Å². The van der Waals surface area contributed by atoms with E-state index in [1.165, 1.54) is 30.5 Å². The summed E-state index contributed by atoms with van der Waals surface area (Å²) in [6.45, 7) is 1.38. The van der Waals surface area contributed by atoms with E-state index in [1.54, 1.807) is 6.07 Å². The van der Waals surface area contributed by atoms with Gasteiger partial charge in [-0.15, -0.1) is 8.78 Å². The zero-order chi connectivity index (χ0) is 25.9. The lowest BCUT2D eigenvalue weighted by molar-refractivity contribution is -0.0964. The second-order valence-corrected chi connectivity index (χ2v) is 9.87. The minimum atomic E-state index is -3.83. The molecule has 2 amide bonds. The molecule has 2 aromatic heterocycles. The lowest BCUT2D eigenvalue weighted by atomic mass is 10.1. The summed E-state index contributed by atoms with van der Waals surface area (Å²) in [5.41, 5.74) is -0.467. The number of rotatable bonds is 7. The number of amides is 2. The first-order valence-corrected chi connectivity index (χ1v) is 12.2. The topological polar surface area (TPSA) is 111 Å². The van der Waals surface area contributed by atoms with Crippen molar-refractivity contribution in [2.75, 3.05) is 23.3 Å². The van der Waals surface area contributed by atoms with Gasteiger partial charge in [0.1, 0.15) is 17.3 Å². The molecular weight excluding hydrogens is 508 g/mol. The van der Waals surface area contributed by atoms with Crippen molar-refractivity contribution >= 4 is 34.9 Å². The van der Waals surface area contributed by atoms with Crippen molar-refractivity contribution in [2.24, 2.45) is 0 Å². The molecule has 0 bridgehead atoms. The molecule has 0 radical (unpaired) electrons. The van der Waals surface area contributed by atoms with Gasteiger partial charge in [-0.05, 0) is 49.2 Å². The summed E-state index contributed by atoms with van der Waals surface area (Å²) in [5.74, 6) is -0.0457. The van der Waals surface area contributed by atoms with Gasteiger partial charge >= 0.3 is 5.57 Å². The Labute approximate surface area is 215 Å². The number of aliphatic hydroxyl groups excluding tert-OH is 1. The Kier molecular flexibility index (Phi) is 5.57. The van der Waals surface area contributed by atoms with Crippen molar-refractivity contribution in [3.8, 4) is 17.0 Å². The van der Waals surface area contributed by atoms with Crippen LogP contribution < -0.4 is 15.0 Å². The summed E-state index contributed by atoms with van der Waals surface area (Å²) >= 11 is 4.78. The molecule has 1 saturated carbocycles. The minimum Gasteiger partial charge on any atom is -0.420 e. The van der Waals surface area contributed by atoms with E-state index in [1.807, 2.05) is 15.9 Å². The van der Waals surface area contributed by atoms with Crippen LogP contribution in [0.1, 0.15) is 39.3 Å². The fourth-order valence-corrected chi connectivity index (χ4v) is 4.73. The molecule has 4 heterocycles. The van der Waals surface area contributed by atoms with E-state index in [0.29, 0.717) is 54.1 Å². The van der Waals surface area contributed by atoms with E-state index in [2.05, 4.69) is 20.0 Å². The second-order valence-electron chi connectivity index (χ2n) is 9.43. The zero-order valence-electron chi connectivity index (χ0n) is 19.4. The van der Waals surface area contributed by atoms with Crippen LogP contribution in [-0.2, 0) is 6.54 Å². The van der Waals surface area contributed by atoms with Gasteiger partial charge in [0, 0.05) is 60.3 Å². The normalized spacial score (nSPS) is 17.6. The number of aromatic amines is 1. The number of carbonyl (C=O) groups is 2. The second kappa shape index (κ2) is 8.70. The highest BCUT2D eigenvalue weighted by Crippen LogP contribution is 2.38. The van der Waals surface area contributed by atoms with E-state index in [0.717, 1.165) is 18.4 Å². The molecule has 0 spiro atoms. The molecule has 37 heavy (non-hydrogen) atoms. The van der Waals surface area contributed by atoms with Crippen LogP contribution in [0.25, 0.3) is 11.3 Å². The number of benzene rings is 1. The van der Waals surface area contributed by atoms with Crippen LogP contribution >= 0.6 is 11.6 Å². The third-order valence-corrected chi connectivity index (χ3v) is 6.71. The highest BCUT2D eigenvalue weighted by Gasteiger charge is 2.40. The minimum absolute atomic E-state index is 0.0223. The molecule has 2 fully saturated rings. The quantitative estimate of drug-likeness (QED) is 0.402. The van der Waals surface area contributed by atoms with Gasteiger partial charge < -0.3 is 29.9 Å². The lowest BCUT2D eigenvalue weighted by Gasteiger charge is -2.37. The van der Waals surface area contributed by atoms with Gasteiger partial charge in [-0.2, -0.15) is 0 Å². The lowest BCUT2D eigenvalue weighted by Crippen LogP contribution is -2.51. The third kappa shape index (κ3) is 4.72. The number of hydrogen-bond donors (Lipinski definition) is 3. The average Bonchev–Trinajstić information content (AvgIpc) is 3.51. The molecule has 3 aliphatic rings. The van der Waals surface area contributed by atoms with E-state index in [9.17, 15) is 23.5 Å². The maximum Gasteiger partial charge on any atom is 0.487 e. The number of aromatic nitrogens is 2. The maximum atomic E-state index is 13.0. The Morgan fingerprint density at radius 2 is 1.95 bits per heavy atom. The number of anilines is 2. The Balaban J connectivity index is 1.26. The molecule has 192 valence electrons. The predicted octanol–water partition coefficient (Wildman–Crippen LogP) is 3.80. The number of β-amino-alcohol motifs (C(OH)–C–C–N with tert-alkyl or cyclic N) is 1. The molecule has 0 unspecified atom stereocenters. The number of hydrogen-bond acceptors (Lipinski definition) is 6. The fraction of sp³-hybridized carbons (Fsp3) is 0.320. The van der Waals surface area contributed by atoms with Crippen LogP contribution in [0.4, 0.5) is 20.3 Å². The SMILES string of the molecule is O=C(Nc1ccc(OC(F)(F)Cl)cc1)c1cnc(N2CC(O)C2)c(-c2cc3c([nH]2)C(=O)N(C2CC2)C3)c1. The molecular formula is C25H22ClF2N5O4. The highest BCUT2D eigenvalue weighted by atomic mass is 35.5. The molecule has 1 aromatic carbocycles. The van der Waals surface area contributed by atoms with E-state index < -0.39 is 17.6 Å². The van der Waals surface area contributed by atoms with Crippen molar-refractivity contribution < 1.29 is 28.2 Å². The van der Waals surface area contributed by atoms with Crippen LogP contribution in [0.3, 0.4) is 0 Å². The number of pyridine rings is 1. The van der Waals surface area contributed by atoms with Gasteiger partial charge in [-0.1, -0.05) is 0 Å². The molecule has 12 heteroatoms. The molecule has 1 saturated heterocycles. The summed E-state index contributed by atoms with van der Waals surface area (Å²) in [5, 5.41) is 12.5. The molecule has 9 nitrogen and oxygen atoms in total. The molecule has 2 aliphatic heterocycles. The molecule has 3 aromatic rings. The van der Waals surface area contributed by atoms with Crippen molar-refractivity contribution in [3.05, 3.63) is 59.4 Å². The van der Waals surface area contributed by atoms with E-state index >= 15 is 0 Å². The summed E-state index contributed by atoms with van der Waals surface area (Å²) in [7, 11) is 0. The Bertz CT molecular complexity index is 1380. The van der Waals surface area contributed by atoms with Crippen molar-refractivity contribution in [1.82, 2.24) is 14.9 Å². The number of nitrogens with zero attached hydrogens (tertiary/aromatic N) is 3. The number of alkyl halides is 3. The molecule has 3 N–H and O–H groups in total. The maximum absolute atomic E-state index is 13.0. The average molecular weight is 530 g/mol. The van der Waals surface area contributed by atoms with Gasteiger partial charge in [-0.25, -0.2) is 4.98 Å². The van der Waals surface area contributed by atoms with Crippen LogP contribution in [0.2, 0.25) is 0 Å². The largest absolute Gasteiger partial charge is 0.487 e. The van der Waals surface area contributed by atoms with Crippen LogP contribution in [0, 0.1) is 0 Å². The van der Waals surface area contributed by atoms with Crippen molar-refractivity contribution in [3.63, 3.8) is 0 Å². The highest BCUT2D eigenvalue weighted by molar-refractivity contribution is 6.20. The monoisotopic (exact) mass is 529 g/mol. The van der Waals surface area contributed by atoms with Crippen LogP contribution in [0.5, 0.6) is 5.75 Å². The number of nitrogens with one attached hydrogen (secondary N) is 2. The number of fused-ring (bicyclic) bond motifs is 1. The standard InChI is InChI=1S/C25H22ClF2N5O4/c26-25(27,28)37-18-5-1-15(2-6-18)30-23(35)13-7-19(22(29-9-13)32-11-17(34)12-32)20-8-14-10-33(16-3-4-16)24(36)21(14)31-20/h1-2,5-9,16-17,31,34H,3-4,10-12H2,(H,30,35). The van der Waals surface area contributed by atoms with E-state index in [4.69, 9.17) is 11.6 Å². The number of halogens is 3. The van der Waals surface area contributed by atoms with Gasteiger partial charge in [-0.3, -0.25) is 9.59 Å². The third-order valence-electron chi connectivity index (χ3n) is 6.63. The number of aliphatic hydroxyl groups is 1. The Morgan fingerprint density at radius 3 is 2.57 bits per heavy atom. The summed E-state index contributed by atoms with van der Waals surface area (Å²) in [4.78, 5) is 37.4. The smallest absolute Gasteiger partial charge is 0.420 e. The molecule has 1 aliphatic carbocycles. The first kappa shape index (κ1) is 23.7. The summed E-state index contributed by atoms with van der Waals surface area (Å²) < 4.78 is 29.9. The number of ether oxygens (including phenoxy) is 1. The Morgan fingerprint density at radius 1 is 1.22 bits per heavy atom. The summed E-state index contributed by atoms with van der Waals surface area (Å²) in [6, 6.07) is 9.25. The number of H-pyrrole nitrogens is 1. The van der Waals surface area contributed by atoms with Crippen molar-refractivity contribution in [1.29, 1.82) is 0 Å². The first-order valence-electron chi connectivity index (χ1n) is 11.8. The van der Waals surface area contributed by atoms with Gasteiger partial charge in [0.25, 0.3) is 11.8 Å². The molecule has 0 atom stereocenters. The van der Waals surface area contributed by atoms with Crippen LogP contribution in [-0.4, -0.2) is 62.6 Å². The van der Waals surface area contributed by atoms with Gasteiger partial charge in [0.15, 0.2) is 0 Å². The van der Waals surface area contributed by atoms with Crippen molar-refractivity contribution in [2.45, 2.75) is 37.1 Å². The number of carbonyl (C=O) groups excluding carboxylic acids is 2. The predicted molar refractivity (Wildman–Crippen MR) is 131 cm³/mol. The van der Waals surface area contributed by atoms with E-state index in [-0.39, 0.29) is 17.2 Å². The Hall–Kier alpha value is -3.70. The van der Waals surface area contributed by atoms with Gasteiger partial charge in [0.2, 0.25) is 0 Å². The summed E-state index contributed by atoms with van der Waals surface area (Å²) in [6.07, 6.45) is 3.03. The zero-order valence-corrected chi connectivity index (χ0v) is 20.1. The molecule has 6 rings (SSSR count). The van der Waals surface area contributed by atoms with Crippen LogP contribution in [0.15, 0.2) is 42.6 Å². The fourth-order valence-electron chi connectivity index (χ4n) is 4.64.